The molecule has 104 valence electrons. The number of ether oxygens (including phenoxy) is 1. The molecule has 1 aliphatic heterocycles. The second-order valence-corrected chi connectivity index (χ2v) is 5.61. The lowest BCUT2D eigenvalue weighted by Gasteiger charge is -2.23. The van der Waals surface area contributed by atoms with Crippen LogP contribution in [0, 0.1) is 0 Å². The van der Waals surface area contributed by atoms with Gasteiger partial charge in [0.15, 0.2) is 0 Å². The SMILES string of the molecule is COc1ccc(CN2CCCNC(C)C2=O)cc1Br. The monoisotopic (exact) mass is 326 g/mol. The topological polar surface area (TPSA) is 41.6 Å². The van der Waals surface area contributed by atoms with Gasteiger partial charge in [0.25, 0.3) is 0 Å². The minimum Gasteiger partial charge on any atom is -0.496 e. The van der Waals surface area contributed by atoms with Crippen molar-refractivity contribution in [1.29, 1.82) is 0 Å². The van der Waals surface area contributed by atoms with E-state index >= 15 is 0 Å². The average Bonchev–Trinajstić information content (AvgIpc) is 2.55. The molecule has 1 saturated heterocycles. The van der Waals surface area contributed by atoms with Gasteiger partial charge in [-0.05, 0) is 53.5 Å². The summed E-state index contributed by atoms with van der Waals surface area (Å²) in [4.78, 5) is 14.1. The molecule has 1 aromatic rings. The van der Waals surface area contributed by atoms with Crippen molar-refractivity contribution in [3.63, 3.8) is 0 Å². The summed E-state index contributed by atoms with van der Waals surface area (Å²) < 4.78 is 6.13. The normalized spacial score (nSPS) is 20.3. The molecule has 0 bridgehead atoms. The molecule has 4 nitrogen and oxygen atoms in total. The van der Waals surface area contributed by atoms with E-state index in [1.165, 1.54) is 0 Å². The van der Waals surface area contributed by atoms with Gasteiger partial charge < -0.3 is 15.0 Å². The fourth-order valence-corrected chi connectivity index (χ4v) is 2.83. The quantitative estimate of drug-likeness (QED) is 0.925. The number of carbonyl (C=O) groups excluding carboxylic acids is 1. The van der Waals surface area contributed by atoms with E-state index in [1.54, 1.807) is 7.11 Å². The summed E-state index contributed by atoms with van der Waals surface area (Å²) in [6, 6.07) is 5.84. The minimum absolute atomic E-state index is 0.0933. The van der Waals surface area contributed by atoms with Gasteiger partial charge in [0, 0.05) is 13.1 Å². The van der Waals surface area contributed by atoms with Gasteiger partial charge >= 0.3 is 0 Å². The Bertz CT molecular complexity index is 465. The number of halogens is 1. The number of carbonyl (C=O) groups is 1. The van der Waals surface area contributed by atoms with Crippen molar-refractivity contribution in [2.75, 3.05) is 20.2 Å². The highest BCUT2D eigenvalue weighted by atomic mass is 79.9. The molecule has 1 N–H and O–H groups in total. The summed E-state index contributed by atoms with van der Waals surface area (Å²) in [7, 11) is 1.64. The van der Waals surface area contributed by atoms with Crippen LogP contribution < -0.4 is 10.1 Å². The fraction of sp³-hybridized carbons (Fsp3) is 0.500. The van der Waals surface area contributed by atoms with Crippen LogP contribution in [0.5, 0.6) is 5.75 Å². The Morgan fingerprint density at radius 3 is 3.00 bits per heavy atom. The molecule has 0 saturated carbocycles. The molecule has 0 aromatic heterocycles. The molecule has 5 heteroatoms. The number of nitrogens with one attached hydrogen (secondary N) is 1. The predicted octanol–water partition coefficient (Wildman–Crippen LogP) is 2.17. The van der Waals surface area contributed by atoms with Crippen LogP contribution in [0.25, 0.3) is 0 Å². The molecule has 1 unspecified atom stereocenters. The molecule has 1 atom stereocenters. The number of rotatable bonds is 3. The van der Waals surface area contributed by atoms with Crippen molar-refractivity contribution < 1.29 is 9.53 Å². The van der Waals surface area contributed by atoms with Crippen molar-refractivity contribution in [3.8, 4) is 5.75 Å². The average molecular weight is 327 g/mol. The summed E-state index contributed by atoms with van der Waals surface area (Å²) in [5.41, 5.74) is 1.11. The third kappa shape index (κ3) is 3.48. The molecule has 0 spiro atoms. The third-order valence-electron chi connectivity index (χ3n) is 3.33. The van der Waals surface area contributed by atoms with Crippen LogP contribution in [0.1, 0.15) is 18.9 Å². The number of hydrogen-bond acceptors (Lipinski definition) is 3. The largest absolute Gasteiger partial charge is 0.496 e. The van der Waals surface area contributed by atoms with Crippen LogP contribution in [0.2, 0.25) is 0 Å². The maximum atomic E-state index is 12.2. The second-order valence-electron chi connectivity index (χ2n) is 4.76. The zero-order valence-electron chi connectivity index (χ0n) is 11.3. The molecule has 19 heavy (non-hydrogen) atoms. The van der Waals surface area contributed by atoms with Crippen LogP contribution in [0.3, 0.4) is 0 Å². The Kier molecular flexibility index (Phi) is 4.82. The second kappa shape index (κ2) is 6.39. The van der Waals surface area contributed by atoms with E-state index in [4.69, 9.17) is 4.74 Å². The predicted molar refractivity (Wildman–Crippen MR) is 78.2 cm³/mol. The Morgan fingerprint density at radius 1 is 1.53 bits per heavy atom. The molecule has 1 fully saturated rings. The van der Waals surface area contributed by atoms with Gasteiger partial charge in [0.2, 0.25) is 5.91 Å². The maximum Gasteiger partial charge on any atom is 0.239 e. The highest BCUT2D eigenvalue weighted by molar-refractivity contribution is 9.10. The van der Waals surface area contributed by atoms with Crippen molar-refractivity contribution in [3.05, 3.63) is 28.2 Å². The lowest BCUT2D eigenvalue weighted by atomic mass is 10.2. The summed E-state index contributed by atoms with van der Waals surface area (Å²) >= 11 is 3.47. The Morgan fingerprint density at radius 2 is 2.32 bits per heavy atom. The van der Waals surface area contributed by atoms with Crippen LogP contribution in [0.15, 0.2) is 22.7 Å². The van der Waals surface area contributed by atoms with E-state index in [1.807, 2.05) is 30.0 Å². The summed E-state index contributed by atoms with van der Waals surface area (Å²) in [5.74, 6) is 0.977. The molecular weight excluding hydrogens is 308 g/mol. The maximum absolute atomic E-state index is 12.2. The van der Waals surface area contributed by atoms with E-state index < -0.39 is 0 Å². The lowest BCUT2D eigenvalue weighted by molar-refractivity contribution is -0.132. The molecular formula is C14H19BrN2O2. The molecule has 1 aliphatic rings. The first-order valence-corrected chi connectivity index (χ1v) is 7.25. The van der Waals surface area contributed by atoms with E-state index in [-0.39, 0.29) is 11.9 Å². The van der Waals surface area contributed by atoms with E-state index in [9.17, 15) is 4.79 Å². The van der Waals surface area contributed by atoms with Crippen molar-refractivity contribution in [1.82, 2.24) is 10.2 Å². The summed E-state index contributed by atoms with van der Waals surface area (Å²) in [6.45, 7) is 4.27. The summed E-state index contributed by atoms with van der Waals surface area (Å²) in [6.07, 6.45) is 0.993. The number of methoxy groups -OCH3 is 1. The molecule has 1 amide bonds. The van der Waals surface area contributed by atoms with Gasteiger partial charge in [0.1, 0.15) is 5.75 Å². The zero-order valence-corrected chi connectivity index (χ0v) is 12.9. The number of amides is 1. The Balaban J connectivity index is 2.11. The van der Waals surface area contributed by atoms with Gasteiger partial charge in [-0.1, -0.05) is 6.07 Å². The van der Waals surface area contributed by atoms with Crippen molar-refractivity contribution >= 4 is 21.8 Å². The van der Waals surface area contributed by atoms with Gasteiger partial charge in [-0.3, -0.25) is 4.79 Å². The first-order valence-electron chi connectivity index (χ1n) is 6.46. The van der Waals surface area contributed by atoms with Crippen LogP contribution in [-0.4, -0.2) is 37.0 Å². The molecule has 0 aliphatic carbocycles. The van der Waals surface area contributed by atoms with Crippen LogP contribution in [-0.2, 0) is 11.3 Å². The van der Waals surface area contributed by atoms with Crippen molar-refractivity contribution in [2.45, 2.75) is 25.9 Å². The third-order valence-corrected chi connectivity index (χ3v) is 3.95. The van der Waals surface area contributed by atoms with Gasteiger partial charge in [-0.15, -0.1) is 0 Å². The van der Waals surface area contributed by atoms with Crippen LogP contribution >= 0.6 is 15.9 Å². The van der Waals surface area contributed by atoms with Gasteiger partial charge in [-0.25, -0.2) is 0 Å². The molecule has 0 radical (unpaired) electrons. The number of hydrogen-bond donors (Lipinski definition) is 1. The fourth-order valence-electron chi connectivity index (χ4n) is 2.25. The molecule has 2 rings (SSSR count). The van der Waals surface area contributed by atoms with Gasteiger partial charge in [0.05, 0.1) is 17.6 Å². The lowest BCUT2D eigenvalue weighted by Crippen LogP contribution is -2.41. The smallest absolute Gasteiger partial charge is 0.239 e. The van der Waals surface area contributed by atoms with E-state index in [0.717, 1.165) is 35.3 Å². The first-order chi connectivity index (χ1) is 9.11. The molecule has 1 heterocycles. The van der Waals surface area contributed by atoms with E-state index in [0.29, 0.717) is 6.54 Å². The number of benzene rings is 1. The zero-order chi connectivity index (χ0) is 13.8. The minimum atomic E-state index is -0.0933. The highest BCUT2D eigenvalue weighted by Crippen LogP contribution is 2.26. The Labute approximate surface area is 122 Å². The standard InChI is InChI=1S/C14H19BrN2O2/c1-10-14(18)17(7-3-6-16-10)9-11-4-5-13(19-2)12(15)8-11/h4-5,8,10,16H,3,6-7,9H2,1-2H3. The first kappa shape index (κ1) is 14.3. The van der Waals surface area contributed by atoms with Crippen LogP contribution in [0.4, 0.5) is 0 Å². The highest BCUT2D eigenvalue weighted by Gasteiger charge is 2.22. The van der Waals surface area contributed by atoms with E-state index in [2.05, 4.69) is 21.2 Å². The molecule has 1 aromatic carbocycles. The number of nitrogens with zero attached hydrogens (tertiary/aromatic N) is 1. The van der Waals surface area contributed by atoms with Crippen molar-refractivity contribution in [2.24, 2.45) is 0 Å². The summed E-state index contributed by atoms with van der Waals surface area (Å²) in [5, 5.41) is 3.22. The Hall–Kier alpha value is -1.07. The van der Waals surface area contributed by atoms with Gasteiger partial charge in [-0.2, -0.15) is 0 Å².